The summed E-state index contributed by atoms with van der Waals surface area (Å²) in [5, 5.41) is 7.85. The SMILES string of the molecule is COc1ccccc1[C@@H]1SCC(=O)N(CC(=O)NCc2ccccn2)c2c1c(C(C)(C)C)nn2C(C)(C)C. The van der Waals surface area contributed by atoms with Crippen LogP contribution >= 0.6 is 11.8 Å². The number of nitrogens with zero attached hydrogens (tertiary/aromatic N) is 4. The normalized spacial score (nSPS) is 16.1. The van der Waals surface area contributed by atoms with Gasteiger partial charge in [-0.25, -0.2) is 4.68 Å². The van der Waals surface area contributed by atoms with Crippen molar-refractivity contribution in [2.24, 2.45) is 0 Å². The fraction of sp³-hybridized carbons (Fsp3) is 0.448. The Bertz CT molecular complexity index is 1310. The maximum absolute atomic E-state index is 13.7. The topological polar surface area (TPSA) is 89.3 Å². The van der Waals surface area contributed by atoms with Crippen molar-refractivity contribution in [1.82, 2.24) is 20.1 Å². The number of aromatic nitrogens is 3. The molecule has 0 saturated carbocycles. The van der Waals surface area contributed by atoms with Gasteiger partial charge in [-0.3, -0.25) is 19.5 Å². The Balaban J connectivity index is 1.85. The van der Waals surface area contributed by atoms with E-state index in [1.165, 1.54) is 0 Å². The minimum Gasteiger partial charge on any atom is -0.496 e. The molecule has 38 heavy (non-hydrogen) atoms. The Kier molecular flexibility index (Phi) is 7.88. The molecule has 1 atom stereocenters. The molecular weight excluding hydrogens is 498 g/mol. The van der Waals surface area contributed by atoms with Crippen LogP contribution in [-0.2, 0) is 27.1 Å². The Morgan fingerprint density at radius 2 is 1.82 bits per heavy atom. The van der Waals surface area contributed by atoms with E-state index in [1.807, 2.05) is 47.1 Å². The molecule has 9 heteroatoms. The number of methoxy groups -OCH3 is 1. The van der Waals surface area contributed by atoms with Crippen LogP contribution in [-0.4, -0.2) is 46.0 Å². The minimum atomic E-state index is -0.434. The molecule has 0 unspecified atom stereocenters. The smallest absolute Gasteiger partial charge is 0.240 e. The number of rotatable bonds is 6. The summed E-state index contributed by atoms with van der Waals surface area (Å²) in [5.74, 6) is 1.26. The number of fused-ring (bicyclic) bond motifs is 1. The summed E-state index contributed by atoms with van der Waals surface area (Å²) in [5.41, 5.74) is 2.85. The minimum absolute atomic E-state index is 0.108. The molecule has 0 saturated heterocycles. The van der Waals surface area contributed by atoms with E-state index in [-0.39, 0.29) is 34.8 Å². The first kappa shape index (κ1) is 27.7. The molecule has 8 nitrogen and oxygen atoms in total. The summed E-state index contributed by atoms with van der Waals surface area (Å²) < 4.78 is 7.65. The highest BCUT2D eigenvalue weighted by atomic mass is 32.2. The van der Waals surface area contributed by atoms with Gasteiger partial charge < -0.3 is 10.1 Å². The van der Waals surface area contributed by atoms with E-state index in [9.17, 15) is 9.59 Å². The van der Waals surface area contributed by atoms with Crippen LogP contribution in [0.15, 0.2) is 48.7 Å². The zero-order valence-corrected chi connectivity index (χ0v) is 24.1. The van der Waals surface area contributed by atoms with Gasteiger partial charge in [0, 0.05) is 22.7 Å². The average molecular weight is 536 g/mol. The van der Waals surface area contributed by atoms with Gasteiger partial charge in [0.1, 0.15) is 18.1 Å². The number of nitrogens with one attached hydrogen (secondary N) is 1. The summed E-state index contributed by atoms with van der Waals surface area (Å²) in [6, 6.07) is 13.5. The Morgan fingerprint density at radius 3 is 2.45 bits per heavy atom. The maximum Gasteiger partial charge on any atom is 0.240 e. The van der Waals surface area contributed by atoms with Crippen molar-refractivity contribution in [3.05, 3.63) is 71.2 Å². The third-order valence-corrected chi connectivity index (χ3v) is 7.59. The van der Waals surface area contributed by atoms with Crippen LogP contribution in [0.3, 0.4) is 0 Å². The molecule has 1 aliphatic rings. The zero-order valence-electron chi connectivity index (χ0n) is 23.2. The summed E-state index contributed by atoms with van der Waals surface area (Å²) >= 11 is 1.55. The van der Waals surface area contributed by atoms with Crippen LogP contribution < -0.4 is 15.0 Å². The first-order valence-electron chi connectivity index (χ1n) is 12.8. The number of hydrogen-bond acceptors (Lipinski definition) is 6. The van der Waals surface area contributed by atoms with Crippen LogP contribution in [0.2, 0.25) is 0 Å². The summed E-state index contributed by atoms with van der Waals surface area (Å²) in [7, 11) is 1.66. The second-order valence-corrected chi connectivity index (χ2v) is 12.5. The number of amides is 2. The van der Waals surface area contributed by atoms with Gasteiger partial charge >= 0.3 is 0 Å². The molecular formula is C29H37N5O3S. The molecule has 0 bridgehead atoms. The monoisotopic (exact) mass is 535 g/mol. The van der Waals surface area contributed by atoms with Crippen LogP contribution in [0.1, 0.15) is 69.3 Å². The number of anilines is 1. The maximum atomic E-state index is 13.7. The van der Waals surface area contributed by atoms with E-state index >= 15 is 0 Å². The number of thioether (sulfide) groups is 1. The first-order valence-corrected chi connectivity index (χ1v) is 13.8. The quantitative estimate of drug-likeness (QED) is 0.487. The van der Waals surface area contributed by atoms with Crippen LogP contribution in [0.25, 0.3) is 0 Å². The summed E-state index contributed by atoms with van der Waals surface area (Å²) in [6.45, 7) is 12.8. The molecule has 1 N–H and O–H groups in total. The van der Waals surface area contributed by atoms with Crippen molar-refractivity contribution >= 4 is 29.4 Å². The van der Waals surface area contributed by atoms with E-state index in [0.29, 0.717) is 12.4 Å². The molecule has 202 valence electrons. The van der Waals surface area contributed by atoms with E-state index in [2.05, 4.69) is 51.8 Å². The van der Waals surface area contributed by atoms with Gasteiger partial charge in [-0.15, -0.1) is 11.8 Å². The van der Waals surface area contributed by atoms with Crippen molar-refractivity contribution in [3.8, 4) is 5.75 Å². The lowest BCUT2D eigenvalue weighted by Gasteiger charge is -2.29. The fourth-order valence-electron chi connectivity index (χ4n) is 4.56. The molecule has 0 radical (unpaired) electrons. The third kappa shape index (κ3) is 5.72. The van der Waals surface area contributed by atoms with E-state index in [4.69, 9.17) is 9.84 Å². The number of ether oxygens (including phenoxy) is 1. The highest BCUT2D eigenvalue weighted by Crippen LogP contribution is 2.50. The molecule has 4 rings (SSSR count). The van der Waals surface area contributed by atoms with Crippen molar-refractivity contribution < 1.29 is 14.3 Å². The number of pyridine rings is 1. The number of benzene rings is 1. The largest absolute Gasteiger partial charge is 0.496 e. The van der Waals surface area contributed by atoms with Crippen LogP contribution in [0, 0.1) is 0 Å². The lowest BCUT2D eigenvalue weighted by atomic mass is 9.87. The van der Waals surface area contributed by atoms with Crippen LogP contribution in [0.4, 0.5) is 5.82 Å². The lowest BCUT2D eigenvalue weighted by Crippen LogP contribution is -2.43. The Morgan fingerprint density at radius 1 is 1.11 bits per heavy atom. The predicted molar refractivity (Wildman–Crippen MR) is 152 cm³/mol. The molecule has 1 aromatic carbocycles. The average Bonchev–Trinajstić information content (AvgIpc) is 3.23. The standard InChI is InChI=1S/C29H37N5O3S/c1-28(2,3)26-24-25(20-13-8-9-14-21(20)37-7)38-18-23(36)33(27(24)34(32-26)29(4,5)6)17-22(35)31-16-19-12-10-11-15-30-19/h8-15,25H,16-18H2,1-7H3,(H,31,35)/t25-/m0/s1. The van der Waals surface area contributed by atoms with Gasteiger partial charge in [0.05, 0.1) is 41.6 Å². The molecule has 0 spiro atoms. The second-order valence-electron chi connectivity index (χ2n) is 11.4. The highest BCUT2D eigenvalue weighted by molar-refractivity contribution is 8.00. The highest BCUT2D eigenvalue weighted by Gasteiger charge is 2.42. The summed E-state index contributed by atoms with van der Waals surface area (Å²) in [4.78, 5) is 32.8. The van der Waals surface area contributed by atoms with E-state index in [1.54, 1.807) is 30.0 Å². The van der Waals surface area contributed by atoms with Gasteiger partial charge in [-0.05, 0) is 39.0 Å². The van der Waals surface area contributed by atoms with Gasteiger partial charge in [-0.1, -0.05) is 45.0 Å². The molecule has 3 heterocycles. The number of carbonyl (C=O) groups is 2. The van der Waals surface area contributed by atoms with Gasteiger partial charge in [0.2, 0.25) is 11.8 Å². The predicted octanol–water partition coefficient (Wildman–Crippen LogP) is 4.82. The lowest BCUT2D eigenvalue weighted by molar-refractivity contribution is -0.123. The van der Waals surface area contributed by atoms with Crippen molar-refractivity contribution in [1.29, 1.82) is 0 Å². The van der Waals surface area contributed by atoms with Crippen molar-refractivity contribution in [2.45, 2.75) is 64.3 Å². The van der Waals surface area contributed by atoms with Crippen LogP contribution in [0.5, 0.6) is 5.75 Å². The van der Waals surface area contributed by atoms with E-state index in [0.717, 1.165) is 28.3 Å². The molecule has 2 amide bonds. The fourth-order valence-corrected chi connectivity index (χ4v) is 5.78. The number of hydrogen-bond donors (Lipinski definition) is 1. The van der Waals surface area contributed by atoms with Gasteiger partial charge in [0.15, 0.2) is 0 Å². The molecule has 3 aromatic rings. The van der Waals surface area contributed by atoms with Gasteiger partial charge in [-0.2, -0.15) is 5.10 Å². The first-order chi connectivity index (χ1) is 17.9. The molecule has 0 fully saturated rings. The van der Waals surface area contributed by atoms with E-state index < -0.39 is 5.54 Å². The third-order valence-electron chi connectivity index (χ3n) is 6.35. The van der Waals surface area contributed by atoms with Gasteiger partial charge in [0.25, 0.3) is 0 Å². The summed E-state index contributed by atoms with van der Waals surface area (Å²) in [6.07, 6.45) is 1.69. The Labute approximate surface area is 229 Å². The molecule has 1 aliphatic heterocycles. The molecule has 0 aliphatic carbocycles. The zero-order chi connectivity index (χ0) is 27.7. The Hall–Kier alpha value is -3.33. The second kappa shape index (κ2) is 10.8. The van der Waals surface area contributed by atoms with Crippen molar-refractivity contribution in [3.63, 3.8) is 0 Å². The molecule has 2 aromatic heterocycles. The van der Waals surface area contributed by atoms with Crippen molar-refractivity contribution in [2.75, 3.05) is 24.3 Å². The number of para-hydroxylation sites is 1. The number of carbonyl (C=O) groups excluding carboxylic acids is 2.